The second-order valence-electron chi connectivity index (χ2n) is 7.44. The molecule has 0 aliphatic rings. The van der Waals surface area contributed by atoms with Crippen molar-refractivity contribution in [2.24, 2.45) is 0 Å². The Morgan fingerprint density at radius 3 is 2.15 bits per heavy atom. The van der Waals surface area contributed by atoms with Crippen molar-refractivity contribution in [3.05, 3.63) is 53.6 Å². The molecule has 0 bridgehead atoms. The van der Waals surface area contributed by atoms with E-state index in [4.69, 9.17) is 18.9 Å². The smallest absolute Gasteiger partial charge is 0.338 e. The third kappa shape index (κ3) is 9.70. The Hall–Kier alpha value is -2.15. The van der Waals surface area contributed by atoms with Crippen LogP contribution in [0.25, 0.3) is 0 Å². The van der Waals surface area contributed by atoms with Crippen LogP contribution in [0.1, 0.15) is 42.6 Å². The number of carbonyl (C=O) groups is 1. The summed E-state index contributed by atoms with van der Waals surface area (Å²) in [4.78, 5) is 14.7. The van der Waals surface area contributed by atoms with Gasteiger partial charge in [-0.25, -0.2) is 4.79 Å². The molecule has 0 amide bonds. The molecule has 0 saturated heterocycles. The standard InChI is InChI=1S/C25H35NO5.2ClH/c1-6-26(19(2)17-20-9-12-22(28-3)13-10-20)15-7-8-16-31-25(27)21-11-14-23(29-4)24(18-21)30-5;;/h9-14,18-19H,6-8,15-17H2,1-5H3;2*1H. The summed E-state index contributed by atoms with van der Waals surface area (Å²) in [6.45, 7) is 6.80. The highest BCUT2D eigenvalue weighted by atomic mass is 35.5. The van der Waals surface area contributed by atoms with Crippen LogP contribution < -0.4 is 14.2 Å². The molecule has 0 spiro atoms. The van der Waals surface area contributed by atoms with Crippen LogP contribution in [-0.4, -0.2) is 57.9 Å². The van der Waals surface area contributed by atoms with Gasteiger partial charge in [-0.1, -0.05) is 19.1 Å². The molecule has 0 fully saturated rings. The van der Waals surface area contributed by atoms with Crippen molar-refractivity contribution in [3.63, 3.8) is 0 Å². The zero-order chi connectivity index (χ0) is 22.6. The third-order valence-corrected chi connectivity index (χ3v) is 5.41. The predicted molar refractivity (Wildman–Crippen MR) is 137 cm³/mol. The zero-order valence-corrected chi connectivity index (χ0v) is 21.8. The molecule has 0 aromatic heterocycles. The van der Waals surface area contributed by atoms with Gasteiger partial charge in [-0.2, -0.15) is 0 Å². The molecule has 2 aromatic rings. The van der Waals surface area contributed by atoms with E-state index in [1.165, 1.54) is 5.56 Å². The fraction of sp³-hybridized carbons (Fsp3) is 0.480. The molecule has 0 heterocycles. The molecule has 1 unspecified atom stereocenters. The van der Waals surface area contributed by atoms with Crippen LogP contribution in [0.5, 0.6) is 17.2 Å². The van der Waals surface area contributed by atoms with Gasteiger partial charge in [-0.3, -0.25) is 0 Å². The first-order chi connectivity index (χ1) is 15.0. The molecule has 0 saturated carbocycles. The molecular weight excluding hydrogens is 465 g/mol. The maximum atomic E-state index is 12.3. The number of benzene rings is 2. The number of methoxy groups -OCH3 is 3. The highest BCUT2D eigenvalue weighted by Crippen LogP contribution is 2.27. The molecule has 8 heteroatoms. The first-order valence-electron chi connectivity index (χ1n) is 10.8. The molecular formula is C25H37Cl2NO5. The largest absolute Gasteiger partial charge is 0.497 e. The van der Waals surface area contributed by atoms with Crippen molar-refractivity contribution in [2.75, 3.05) is 41.0 Å². The second-order valence-corrected chi connectivity index (χ2v) is 7.44. The minimum absolute atomic E-state index is 0. The summed E-state index contributed by atoms with van der Waals surface area (Å²) >= 11 is 0. The van der Waals surface area contributed by atoms with E-state index in [-0.39, 0.29) is 30.8 Å². The molecule has 33 heavy (non-hydrogen) atoms. The SMILES string of the molecule is CCN(CCCCOC(=O)c1ccc(OC)c(OC)c1)C(C)Cc1ccc(OC)cc1.Cl.Cl. The van der Waals surface area contributed by atoms with Crippen molar-refractivity contribution >= 4 is 30.8 Å². The van der Waals surface area contributed by atoms with Gasteiger partial charge in [0.2, 0.25) is 0 Å². The van der Waals surface area contributed by atoms with Crippen LogP contribution >= 0.6 is 24.8 Å². The lowest BCUT2D eigenvalue weighted by Gasteiger charge is -2.28. The van der Waals surface area contributed by atoms with E-state index in [0.29, 0.717) is 29.7 Å². The van der Waals surface area contributed by atoms with Gasteiger partial charge in [0.1, 0.15) is 5.75 Å². The van der Waals surface area contributed by atoms with Gasteiger partial charge < -0.3 is 23.8 Å². The van der Waals surface area contributed by atoms with E-state index in [2.05, 4.69) is 30.9 Å². The van der Waals surface area contributed by atoms with Gasteiger partial charge in [0.15, 0.2) is 11.5 Å². The highest BCUT2D eigenvalue weighted by Gasteiger charge is 2.14. The first kappa shape index (κ1) is 30.9. The fourth-order valence-corrected chi connectivity index (χ4v) is 3.55. The minimum atomic E-state index is -0.346. The molecule has 1 atom stereocenters. The lowest BCUT2D eigenvalue weighted by atomic mass is 10.1. The number of halogens is 2. The summed E-state index contributed by atoms with van der Waals surface area (Å²) in [5.74, 6) is 1.64. The molecule has 186 valence electrons. The summed E-state index contributed by atoms with van der Waals surface area (Å²) < 4.78 is 21.1. The van der Waals surface area contributed by atoms with Crippen molar-refractivity contribution < 1.29 is 23.7 Å². The molecule has 2 rings (SSSR count). The van der Waals surface area contributed by atoms with Crippen LogP contribution in [0.2, 0.25) is 0 Å². The van der Waals surface area contributed by atoms with Gasteiger partial charge >= 0.3 is 5.97 Å². The monoisotopic (exact) mass is 501 g/mol. The topological polar surface area (TPSA) is 57.2 Å². The second kappa shape index (κ2) is 16.5. The maximum absolute atomic E-state index is 12.3. The molecule has 0 aliphatic heterocycles. The Morgan fingerprint density at radius 1 is 0.909 bits per heavy atom. The summed E-state index contributed by atoms with van der Waals surface area (Å²) in [6, 6.07) is 13.7. The van der Waals surface area contributed by atoms with Crippen molar-refractivity contribution in [1.82, 2.24) is 4.90 Å². The fourth-order valence-electron chi connectivity index (χ4n) is 3.55. The van der Waals surface area contributed by atoms with E-state index < -0.39 is 0 Å². The normalized spacial score (nSPS) is 11.1. The van der Waals surface area contributed by atoms with E-state index in [0.717, 1.165) is 38.1 Å². The van der Waals surface area contributed by atoms with Gasteiger partial charge in [0.05, 0.1) is 33.5 Å². The molecule has 0 radical (unpaired) electrons. The number of carbonyl (C=O) groups excluding carboxylic acids is 1. The van der Waals surface area contributed by atoms with Gasteiger partial charge in [0.25, 0.3) is 0 Å². The summed E-state index contributed by atoms with van der Waals surface area (Å²) in [5.41, 5.74) is 1.76. The number of hydrogen-bond donors (Lipinski definition) is 0. The average Bonchev–Trinajstić information content (AvgIpc) is 2.81. The van der Waals surface area contributed by atoms with E-state index >= 15 is 0 Å². The summed E-state index contributed by atoms with van der Waals surface area (Å²) in [6.07, 6.45) is 2.79. The lowest BCUT2D eigenvalue weighted by molar-refractivity contribution is 0.0493. The Labute approximate surface area is 210 Å². The number of unbranched alkanes of at least 4 members (excludes halogenated alkanes) is 1. The van der Waals surface area contributed by atoms with Crippen molar-refractivity contribution in [2.45, 2.75) is 39.2 Å². The number of ether oxygens (including phenoxy) is 4. The minimum Gasteiger partial charge on any atom is -0.497 e. The van der Waals surface area contributed by atoms with E-state index in [1.807, 2.05) is 12.1 Å². The van der Waals surface area contributed by atoms with Crippen molar-refractivity contribution in [1.29, 1.82) is 0 Å². The van der Waals surface area contributed by atoms with Crippen LogP contribution in [0, 0.1) is 0 Å². The van der Waals surface area contributed by atoms with E-state index in [1.54, 1.807) is 39.5 Å². The maximum Gasteiger partial charge on any atom is 0.338 e. The Balaban J connectivity index is 0.00000512. The molecule has 6 nitrogen and oxygen atoms in total. The van der Waals surface area contributed by atoms with Crippen LogP contribution in [0.4, 0.5) is 0 Å². The predicted octanol–water partition coefficient (Wildman–Crippen LogP) is 5.45. The lowest BCUT2D eigenvalue weighted by Crippen LogP contribution is -2.35. The van der Waals surface area contributed by atoms with Crippen LogP contribution in [0.15, 0.2) is 42.5 Å². The van der Waals surface area contributed by atoms with Crippen LogP contribution in [0.3, 0.4) is 0 Å². The Morgan fingerprint density at radius 2 is 1.58 bits per heavy atom. The number of rotatable bonds is 13. The Bertz CT molecular complexity index is 817. The Kier molecular flexibility index (Phi) is 15.4. The number of likely N-dealkylation sites (N-methyl/N-ethyl adjacent to an activating group) is 1. The quantitative estimate of drug-likeness (QED) is 0.268. The zero-order valence-electron chi connectivity index (χ0n) is 20.2. The number of hydrogen-bond acceptors (Lipinski definition) is 6. The third-order valence-electron chi connectivity index (χ3n) is 5.41. The summed E-state index contributed by atoms with van der Waals surface area (Å²) in [5, 5.41) is 0. The van der Waals surface area contributed by atoms with Crippen molar-refractivity contribution in [3.8, 4) is 17.2 Å². The van der Waals surface area contributed by atoms with Gasteiger partial charge in [-0.15, -0.1) is 24.8 Å². The molecule has 0 N–H and O–H groups in total. The highest BCUT2D eigenvalue weighted by molar-refractivity contribution is 5.90. The number of esters is 1. The van der Waals surface area contributed by atoms with Crippen LogP contribution in [-0.2, 0) is 11.2 Å². The first-order valence-corrected chi connectivity index (χ1v) is 10.8. The number of nitrogens with zero attached hydrogens (tertiary/aromatic N) is 1. The average molecular weight is 502 g/mol. The molecule has 0 aliphatic carbocycles. The van der Waals surface area contributed by atoms with E-state index in [9.17, 15) is 4.79 Å². The van der Waals surface area contributed by atoms with Gasteiger partial charge in [-0.05, 0) is 75.2 Å². The van der Waals surface area contributed by atoms with Gasteiger partial charge in [0, 0.05) is 6.04 Å². The summed E-state index contributed by atoms with van der Waals surface area (Å²) in [7, 11) is 4.79. The molecule has 2 aromatic carbocycles.